The van der Waals surface area contributed by atoms with E-state index < -0.39 is 32.4 Å². The van der Waals surface area contributed by atoms with Crippen LogP contribution in [-0.2, 0) is 47.1 Å². The molecule has 0 unspecified atom stereocenters. The SMILES string of the molecule is [O]=[V]=[O].[O]=[V]=[O]. The Morgan fingerprint density at radius 1 is 0.667 bits per heavy atom. The van der Waals surface area contributed by atoms with Crippen LogP contribution < -0.4 is 0 Å². The van der Waals surface area contributed by atoms with Crippen molar-refractivity contribution in [2.24, 2.45) is 0 Å². The van der Waals surface area contributed by atoms with Crippen molar-refractivity contribution in [3.05, 3.63) is 0 Å². The molecule has 0 saturated heterocycles. The minimum absolute atomic E-state index is 1.81. The van der Waals surface area contributed by atoms with Gasteiger partial charge in [-0.25, -0.2) is 0 Å². The molecular weight excluding hydrogens is 166 g/mol. The maximum absolute atomic E-state index is 8.47. The van der Waals surface area contributed by atoms with Gasteiger partial charge in [-0.15, -0.1) is 0 Å². The molecule has 0 fully saturated rings. The molecule has 6 heavy (non-hydrogen) atoms. The Balaban J connectivity index is 0. The molecule has 34 valence electrons. The fraction of sp³-hybridized carbons (Fsp3) is 0. The quantitative estimate of drug-likeness (QED) is 0.487. The molecule has 0 aromatic carbocycles. The van der Waals surface area contributed by atoms with E-state index in [0.29, 0.717) is 0 Å². The van der Waals surface area contributed by atoms with Crippen LogP contribution in [0.25, 0.3) is 0 Å². The van der Waals surface area contributed by atoms with E-state index >= 15 is 0 Å². The average Bonchev–Trinajstić information content (AvgIpc) is 1.39. The van der Waals surface area contributed by atoms with Gasteiger partial charge in [0, 0.05) is 0 Å². The standard InChI is InChI=1S/4O.2V. The third kappa shape index (κ3) is 364. The van der Waals surface area contributed by atoms with Gasteiger partial charge in [-0.3, -0.25) is 0 Å². The third-order valence-electron chi connectivity index (χ3n) is 0. The van der Waals surface area contributed by atoms with Crippen LogP contribution in [-0.4, -0.2) is 0 Å². The number of rotatable bonds is 0. The van der Waals surface area contributed by atoms with Gasteiger partial charge in [-0.05, 0) is 0 Å². The van der Waals surface area contributed by atoms with E-state index in [-0.39, 0.29) is 0 Å². The molecule has 0 aliphatic heterocycles. The fourth-order valence-corrected chi connectivity index (χ4v) is 0. The van der Waals surface area contributed by atoms with Gasteiger partial charge in [0.05, 0.1) is 0 Å². The summed E-state index contributed by atoms with van der Waals surface area (Å²) in [5.74, 6) is 0. The van der Waals surface area contributed by atoms with Gasteiger partial charge in [0.15, 0.2) is 0 Å². The average molecular weight is 166 g/mol. The molecule has 0 aliphatic rings. The molecular formula is O4V2. The van der Waals surface area contributed by atoms with Crippen LogP contribution in [0.1, 0.15) is 0 Å². The predicted molar refractivity (Wildman–Crippen MR) is 2.75 cm³/mol. The Labute approximate surface area is 47.4 Å². The van der Waals surface area contributed by atoms with Crippen molar-refractivity contribution in [2.45, 2.75) is 0 Å². The van der Waals surface area contributed by atoms with E-state index in [1.165, 1.54) is 0 Å². The molecule has 0 rings (SSSR count). The van der Waals surface area contributed by atoms with Gasteiger partial charge in [-0.1, -0.05) is 0 Å². The number of hydrogen-bond acceptors (Lipinski definition) is 4. The van der Waals surface area contributed by atoms with Crippen molar-refractivity contribution in [1.29, 1.82) is 0 Å². The Bertz CT molecular complexity index is 59.5. The molecule has 0 heterocycles. The summed E-state index contributed by atoms with van der Waals surface area (Å²) in [4.78, 5) is 0. The molecule has 0 amide bonds. The zero-order valence-electron chi connectivity index (χ0n) is 2.53. The first-order chi connectivity index (χ1) is 2.83. The summed E-state index contributed by atoms with van der Waals surface area (Å²) in [5.41, 5.74) is 0. The Kier molecular flexibility index (Phi) is 29.3. The first-order valence-electron chi connectivity index (χ1n) is 0.730. The topological polar surface area (TPSA) is 68.3 Å². The normalized spacial score (nSPS) is 2.67. The van der Waals surface area contributed by atoms with Crippen molar-refractivity contribution in [3.8, 4) is 0 Å². The van der Waals surface area contributed by atoms with Crippen LogP contribution in [0.2, 0.25) is 0 Å². The molecule has 4 nitrogen and oxygen atoms in total. The van der Waals surface area contributed by atoms with Gasteiger partial charge in [0.2, 0.25) is 0 Å². The summed E-state index contributed by atoms with van der Waals surface area (Å²) >= 11 is -3.62. The molecule has 6 heteroatoms. The van der Waals surface area contributed by atoms with Gasteiger partial charge in [0.1, 0.15) is 0 Å². The van der Waals surface area contributed by atoms with Crippen LogP contribution in [0.4, 0.5) is 0 Å². The van der Waals surface area contributed by atoms with Gasteiger partial charge < -0.3 is 0 Å². The molecule has 0 spiro atoms. The summed E-state index contributed by atoms with van der Waals surface area (Å²) in [6, 6.07) is 0. The molecule has 0 saturated carbocycles. The van der Waals surface area contributed by atoms with Crippen LogP contribution in [0.3, 0.4) is 0 Å². The molecule has 0 radical (unpaired) electrons. The third-order valence-corrected chi connectivity index (χ3v) is 0. The predicted octanol–water partition coefficient (Wildman–Crippen LogP) is -0.480. The van der Waals surface area contributed by atoms with E-state index in [1.807, 2.05) is 0 Å². The second kappa shape index (κ2) is 18.3. The summed E-state index contributed by atoms with van der Waals surface area (Å²) in [6.07, 6.45) is 0. The van der Waals surface area contributed by atoms with E-state index in [9.17, 15) is 0 Å². The first-order valence-corrected chi connectivity index (χ1v) is 3.01. The second-order valence-corrected chi connectivity index (χ2v) is 0.615. The monoisotopic (exact) mass is 166 g/mol. The van der Waals surface area contributed by atoms with E-state index in [1.54, 1.807) is 0 Å². The Morgan fingerprint density at radius 2 is 0.667 bits per heavy atom. The van der Waals surface area contributed by atoms with Crippen LogP contribution in [0, 0.1) is 0 Å². The fourth-order valence-electron chi connectivity index (χ4n) is 0. The Morgan fingerprint density at radius 3 is 0.667 bits per heavy atom. The maximum atomic E-state index is 8.47. The van der Waals surface area contributed by atoms with Crippen molar-refractivity contribution < 1.29 is 47.1 Å². The van der Waals surface area contributed by atoms with Crippen molar-refractivity contribution in [3.63, 3.8) is 0 Å². The summed E-state index contributed by atoms with van der Waals surface area (Å²) < 4.78 is 33.9. The summed E-state index contributed by atoms with van der Waals surface area (Å²) in [6.45, 7) is 0. The molecule has 0 bridgehead atoms. The van der Waals surface area contributed by atoms with E-state index in [2.05, 4.69) is 0 Å². The minimum atomic E-state index is -1.81. The van der Waals surface area contributed by atoms with Crippen LogP contribution >= 0.6 is 0 Å². The molecule has 0 aromatic rings. The van der Waals surface area contributed by atoms with E-state index in [4.69, 9.17) is 14.7 Å². The zero-order valence-corrected chi connectivity index (χ0v) is 5.32. The summed E-state index contributed by atoms with van der Waals surface area (Å²) in [5, 5.41) is 0. The van der Waals surface area contributed by atoms with Gasteiger partial charge in [0.25, 0.3) is 0 Å². The first kappa shape index (κ1) is 9.62. The second-order valence-electron chi connectivity index (χ2n) is 0.149. The van der Waals surface area contributed by atoms with Crippen molar-refractivity contribution >= 4 is 0 Å². The van der Waals surface area contributed by atoms with Gasteiger partial charge in [-0.2, -0.15) is 0 Å². The van der Waals surface area contributed by atoms with Crippen molar-refractivity contribution in [1.82, 2.24) is 0 Å². The number of hydrogen-bond donors (Lipinski definition) is 0. The summed E-state index contributed by atoms with van der Waals surface area (Å²) in [7, 11) is 0. The van der Waals surface area contributed by atoms with Gasteiger partial charge >= 0.3 is 47.1 Å². The van der Waals surface area contributed by atoms with Crippen LogP contribution in [0.5, 0.6) is 0 Å². The van der Waals surface area contributed by atoms with E-state index in [0.717, 1.165) is 0 Å². The molecule has 0 atom stereocenters. The Hall–Kier alpha value is 0.369. The van der Waals surface area contributed by atoms with Crippen LogP contribution in [0.15, 0.2) is 0 Å². The molecule has 0 N–H and O–H groups in total. The molecule has 0 aromatic heterocycles. The zero-order chi connectivity index (χ0) is 5.41. The molecule has 0 aliphatic carbocycles. The van der Waals surface area contributed by atoms with Crippen molar-refractivity contribution in [2.75, 3.05) is 0 Å².